The van der Waals surface area contributed by atoms with Gasteiger partial charge in [-0.1, -0.05) is 44.0 Å². The van der Waals surface area contributed by atoms with Crippen LogP contribution in [0.25, 0.3) is 0 Å². The molecule has 0 unspecified atom stereocenters. The highest BCUT2D eigenvalue weighted by Gasteiger charge is 2.14. The second-order valence-corrected chi connectivity index (χ2v) is 7.53. The summed E-state index contributed by atoms with van der Waals surface area (Å²) < 4.78 is 6.38. The number of ether oxygens (including phenoxy) is 1. The normalized spacial score (nSPS) is 10.9. The lowest BCUT2D eigenvalue weighted by molar-refractivity contribution is 0.470. The molecule has 0 saturated heterocycles. The maximum Gasteiger partial charge on any atom is 0.130 e. The van der Waals surface area contributed by atoms with Crippen molar-refractivity contribution in [3.8, 4) is 11.5 Å². The molecule has 0 aliphatic heterocycles. The van der Waals surface area contributed by atoms with Crippen molar-refractivity contribution in [2.75, 3.05) is 10.7 Å². The van der Waals surface area contributed by atoms with Gasteiger partial charge < -0.3 is 4.74 Å². The summed E-state index contributed by atoms with van der Waals surface area (Å²) in [5, 5.41) is 1.88. The summed E-state index contributed by atoms with van der Waals surface area (Å²) in [7, 11) is 0. The van der Waals surface area contributed by atoms with Crippen molar-refractivity contribution in [1.82, 2.24) is 0 Å². The van der Waals surface area contributed by atoms with Crippen LogP contribution in [0.15, 0.2) is 24.3 Å². The van der Waals surface area contributed by atoms with Crippen LogP contribution in [0.5, 0.6) is 11.5 Å². The molecule has 0 amide bonds. The van der Waals surface area contributed by atoms with Crippen LogP contribution in [-0.4, -0.2) is 10.7 Å². The van der Waals surface area contributed by atoms with Crippen LogP contribution < -0.4 is 4.74 Å². The summed E-state index contributed by atoms with van der Waals surface area (Å²) in [6.07, 6.45) is 1.95. The molecule has 124 valence electrons. The summed E-state index contributed by atoms with van der Waals surface area (Å²) in [6.45, 7) is 8.67. The van der Waals surface area contributed by atoms with Gasteiger partial charge in [-0.05, 0) is 86.1 Å². The molecule has 1 nitrogen and oxygen atoms in total. The zero-order chi connectivity index (χ0) is 17.0. The van der Waals surface area contributed by atoms with Gasteiger partial charge in [0, 0.05) is 10.7 Å². The van der Waals surface area contributed by atoms with Gasteiger partial charge in [0.05, 0.1) is 0 Å². The standard InChI is InChI=1S/C20H24Br2O/c1-13-5-7-19(17(9-11-21)15(13)3)23-20-8-6-14(2)16(4)18(20)10-12-22/h5-8H,9-12H2,1-4H3. The van der Waals surface area contributed by atoms with Crippen molar-refractivity contribution >= 4 is 31.9 Å². The van der Waals surface area contributed by atoms with Crippen molar-refractivity contribution in [3.63, 3.8) is 0 Å². The van der Waals surface area contributed by atoms with E-state index in [1.807, 2.05) is 0 Å². The Morgan fingerprint density at radius 2 is 1.09 bits per heavy atom. The van der Waals surface area contributed by atoms with Gasteiger partial charge in [-0.25, -0.2) is 0 Å². The molecule has 0 atom stereocenters. The van der Waals surface area contributed by atoms with Crippen LogP contribution in [0.1, 0.15) is 33.4 Å². The van der Waals surface area contributed by atoms with E-state index in [1.165, 1.54) is 33.4 Å². The molecule has 0 heterocycles. The number of alkyl halides is 2. The lowest BCUT2D eigenvalue weighted by Gasteiger charge is -2.18. The molecule has 2 aromatic carbocycles. The first-order valence-corrected chi connectivity index (χ1v) is 10.2. The van der Waals surface area contributed by atoms with E-state index in [2.05, 4.69) is 83.8 Å². The van der Waals surface area contributed by atoms with Gasteiger partial charge in [0.1, 0.15) is 11.5 Å². The Balaban J connectivity index is 2.47. The Bertz CT molecular complexity index is 633. The van der Waals surface area contributed by atoms with Crippen molar-refractivity contribution in [3.05, 3.63) is 57.6 Å². The summed E-state index contributed by atoms with van der Waals surface area (Å²) in [5.74, 6) is 1.96. The number of aryl methyl sites for hydroxylation is 2. The molecule has 3 heteroatoms. The third kappa shape index (κ3) is 4.19. The molecule has 2 aromatic rings. The Kier molecular flexibility index (Phi) is 6.72. The number of hydrogen-bond donors (Lipinski definition) is 0. The van der Waals surface area contributed by atoms with Gasteiger partial charge in [0.2, 0.25) is 0 Å². The summed E-state index contributed by atoms with van der Waals surface area (Å²) in [6, 6.07) is 8.50. The first-order chi connectivity index (χ1) is 11.0. The molecule has 2 rings (SSSR count). The topological polar surface area (TPSA) is 9.23 Å². The van der Waals surface area contributed by atoms with Crippen molar-refractivity contribution in [2.45, 2.75) is 40.5 Å². The predicted octanol–water partition coefficient (Wildman–Crippen LogP) is 6.59. The van der Waals surface area contributed by atoms with E-state index < -0.39 is 0 Å². The van der Waals surface area contributed by atoms with Crippen LogP contribution in [-0.2, 0) is 12.8 Å². The first-order valence-electron chi connectivity index (χ1n) is 7.97. The van der Waals surface area contributed by atoms with E-state index in [0.717, 1.165) is 35.0 Å². The molecule has 0 bridgehead atoms. The molecule has 0 aromatic heterocycles. The Hall–Kier alpha value is -0.800. The van der Waals surface area contributed by atoms with Gasteiger partial charge in [0.15, 0.2) is 0 Å². The molecule has 23 heavy (non-hydrogen) atoms. The summed E-state index contributed by atoms with van der Waals surface area (Å²) in [4.78, 5) is 0. The second-order valence-electron chi connectivity index (χ2n) is 5.95. The van der Waals surface area contributed by atoms with Crippen molar-refractivity contribution < 1.29 is 4.74 Å². The fourth-order valence-corrected chi connectivity index (χ4v) is 3.61. The van der Waals surface area contributed by atoms with Gasteiger partial charge in [-0.15, -0.1) is 0 Å². The number of rotatable bonds is 6. The van der Waals surface area contributed by atoms with Gasteiger partial charge in [0.25, 0.3) is 0 Å². The fraction of sp³-hybridized carbons (Fsp3) is 0.400. The van der Waals surface area contributed by atoms with Crippen molar-refractivity contribution in [1.29, 1.82) is 0 Å². The summed E-state index contributed by atoms with van der Waals surface area (Å²) in [5.41, 5.74) is 7.87. The quantitative estimate of drug-likeness (QED) is 0.461. The molecule has 0 saturated carbocycles. The molecule has 0 fully saturated rings. The van der Waals surface area contributed by atoms with Gasteiger partial charge in [-0.2, -0.15) is 0 Å². The van der Waals surface area contributed by atoms with E-state index in [1.54, 1.807) is 0 Å². The highest BCUT2D eigenvalue weighted by atomic mass is 79.9. The zero-order valence-corrected chi connectivity index (χ0v) is 17.5. The second kappa shape index (κ2) is 8.34. The SMILES string of the molecule is Cc1ccc(Oc2ccc(C)c(C)c2CCBr)c(CCBr)c1C. The van der Waals surface area contributed by atoms with Crippen LogP contribution in [0.4, 0.5) is 0 Å². The average molecular weight is 440 g/mol. The third-order valence-electron chi connectivity index (χ3n) is 4.56. The predicted molar refractivity (Wildman–Crippen MR) is 107 cm³/mol. The highest BCUT2D eigenvalue weighted by Crippen LogP contribution is 2.34. The van der Waals surface area contributed by atoms with E-state index in [-0.39, 0.29) is 0 Å². The molecular weight excluding hydrogens is 416 g/mol. The number of benzene rings is 2. The first kappa shape index (κ1) is 18.5. The van der Waals surface area contributed by atoms with Gasteiger partial charge >= 0.3 is 0 Å². The number of hydrogen-bond acceptors (Lipinski definition) is 1. The van der Waals surface area contributed by atoms with Crippen molar-refractivity contribution in [2.24, 2.45) is 0 Å². The smallest absolute Gasteiger partial charge is 0.130 e. The Morgan fingerprint density at radius 3 is 1.43 bits per heavy atom. The van der Waals surface area contributed by atoms with E-state index >= 15 is 0 Å². The third-order valence-corrected chi connectivity index (χ3v) is 5.35. The van der Waals surface area contributed by atoms with Crippen LogP contribution in [0, 0.1) is 27.7 Å². The molecule has 0 spiro atoms. The fourth-order valence-electron chi connectivity index (χ4n) is 2.82. The lowest BCUT2D eigenvalue weighted by Crippen LogP contribution is -2.02. The van der Waals surface area contributed by atoms with E-state index in [9.17, 15) is 0 Å². The van der Waals surface area contributed by atoms with Gasteiger partial charge in [-0.3, -0.25) is 0 Å². The maximum absolute atomic E-state index is 6.38. The van der Waals surface area contributed by atoms with Crippen LogP contribution in [0.2, 0.25) is 0 Å². The number of halogens is 2. The van der Waals surface area contributed by atoms with E-state index in [4.69, 9.17) is 4.74 Å². The van der Waals surface area contributed by atoms with E-state index in [0.29, 0.717) is 0 Å². The van der Waals surface area contributed by atoms with Crippen LogP contribution in [0.3, 0.4) is 0 Å². The van der Waals surface area contributed by atoms with Crippen LogP contribution >= 0.6 is 31.9 Å². The molecule has 0 radical (unpaired) electrons. The Morgan fingerprint density at radius 1 is 0.696 bits per heavy atom. The maximum atomic E-state index is 6.38. The highest BCUT2D eigenvalue weighted by molar-refractivity contribution is 9.09. The lowest BCUT2D eigenvalue weighted by atomic mass is 9.99. The molecular formula is C20H24Br2O. The zero-order valence-electron chi connectivity index (χ0n) is 14.3. The summed E-state index contributed by atoms with van der Waals surface area (Å²) >= 11 is 7.13. The molecule has 0 aliphatic carbocycles. The molecule has 0 N–H and O–H groups in total. The largest absolute Gasteiger partial charge is 0.457 e. The minimum absolute atomic E-state index is 0.939. The average Bonchev–Trinajstić information content (AvgIpc) is 2.53. The Labute approximate surface area is 156 Å². The minimum atomic E-state index is 0.939. The monoisotopic (exact) mass is 438 g/mol. The molecule has 0 aliphatic rings. The minimum Gasteiger partial charge on any atom is -0.457 e.